The number of furan rings is 1. The molecule has 6 heteroatoms. The highest BCUT2D eigenvalue weighted by Gasteiger charge is 2.04. The van der Waals surface area contributed by atoms with Gasteiger partial charge in [-0.15, -0.1) is 11.8 Å². The average Bonchev–Trinajstić information content (AvgIpc) is 2.99. The topological polar surface area (TPSA) is 68.3 Å². The maximum absolute atomic E-state index is 11.7. The molecule has 0 radical (unpaired) electrons. The number of benzene rings is 1. The van der Waals surface area contributed by atoms with Gasteiger partial charge in [-0.05, 0) is 23.8 Å². The van der Waals surface area contributed by atoms with Crippen molar-refractivity contribution in [2.24, 2.45) is 5.73 Å². The predicted octanol–water partition coefficient (Wildman–Crippen LogP) is 2.46. The molecule has 0 unspecified atom stereocenters. The zero-order chi connectivity index (χ0) is 15.1. The van der Waals surface area contributed by atoms with Crippen LogP contribution in [0.3, 0.4) is 0 Å². The van der Waals surface area contributed by atoms with Gasteiger partial charge in [0.2, 0.25) is 5.91 Å². The molecule has 0 atom stereocenters. The van der Waals surface area contributed by atoms with Crippen LogP contribution in [0.5, 0.6) is 0 Å². The summed E-state index contributed by atoms with van der Waals surface area (Å²) in [7, 11) is 0. The molecule has 2 rings (SSSR count). The third kappa shape index (κ3) is 5.24. The molecule has 0 fully saturated rings. The van der Waals surface area contributed by atoms with Crippen LogP contribution in [-0.4, -0.2) is 16.6 Å². The van der Waals surface area contributed by atoms with Crippen molar-refractivity contribution in [1.29, 1.82) is 0 Å². The van der Waals surface area contributed by atoms with Gasteiger partial charge in [-0.2, -0.15) is 0 Å². The summed E-state index contributed by atoms with van der Waals surface area (Å²) in [5.74, 6) is 1.88. The van der Waals surface area contributed by atoms with E-state index in [0.29, 0.717) is 17.3 Å². The highest BCUT2D eigenvalue weighted by molar-refractivity contribution is 7.99. The molecule has 1 aromatic heterocycles. The third-order valence-corrected chi connectivity index (χ3v) is 3.99. The SMILES string of the molecule is NC(=S)c1cccc(CSCC(=O)NCc2ccco2)c1. The van der Waals surface area contributed by atoms with Crippen LogP contribution in [0.15, 0.2) is 47.1 Å². The number of hydrogen-bond donors (Lipinski definition) is 2. The molecule has 1 amide bonds. The van der Waals surface area contributed by atoms with Gasteiger partial charge in [-0.1, -0.05) is 30.4 Å². The Labute approximate surface area is 133 Å². The zero-order valence-electron chi connectivity index (χ0n) is 11.4. The second-order valence-corrected chi connectivity index (χ2v) is 5.84. The van der Waals surface area contributed by atoms with E-state index in [2.05, 4.69) is 5.32 Å². The first-order chi connectivity index (χ1) is 10.1. The lowest BCUT2D eigenvalue weighted by molar-refractivity contribution is -0.118. The Morgan fingerprint density at radius 2 is 2.19 bits per heavy atom. The molecule has 1 heterocycles. The summed E-state index contributed by atoms with van der Waals surface area (Å²) < 4.78 is 5.15. The summed E-state index contributed by atoms with van der Waals surface area (Å²) in [6.07, 6.45) is 1.59. The van der Waals surface area contributed by atoms with Gasteiger partial charge in [0.15, 0.2) is 0 Å². The first-order valence-corrected chi connectivity index (χ1v) is 7.97. The predicted molar refractivity (Wildman–Crippen MR) is 89.0 cm³/mol. The summed E-state index contributed by atoms with van der Waals surface area (Å²) in [6, 6.07) is 11.4. The minimum atomic E-state index is -0.0121. The molecule has 0 saturated heterocycles. The lowest BCUT2D eigenvalue weighted by atomic mass is 10.1. The van der Waals surface area contributed by atoms with Crippen molar-refractivity contribution in [3.8, 4) is 0 Å². The minimum Gasteiger partial charge on any atom is -0.467 e. The number of thioether (sulfide) groups is 1. The van der Waals surface area contributed by atoms with E-state index in [1.54, 1.807) is 24.1 Å². The van der Waals surface area contributed by atoms with Crippen LogP contribution in [0.25, 0.3) is 0 Å². The average molecular weight is 320 g/mol. The first-order valence-electron chi connectivity index (χ1n) is 6.41. The number of thiocarbonyl (C=S) groups is 1. The quantitative estimate of drug-likeness (QED) is 0.767. The molecule has 2 aromatic rings. The number of amides is 1. The monoisotopic (exact) mass is 320 g/mol. The molecule has 0 aliphatic carbocycles. The van der Waals surface area contributed by atoms with E-state index in [4.69, 9.17) is 22.4 Å². The Bertz CT molecular complexity index is 612. The number of rotatable bonds is 7. The number of carbonyl (C=O) groups excluding carboxylic acids is 1. The van der Waals surface area contributed by atoms with Gasteiger partial charge in [0.25, 0.3) is 0 Å². The van der Waals surface area contributed by atoms with Gasteiger partial charge < -0.3 is 15.5 Å². The molecule has 0 saturated carbocycles. The zero-order valence-corrected chi connectivity index (χ0v) is 13.0. The van der Waals surface area contributed by atoms with E-state index < -0.39 is 0 Å². The minimum absolute atomic E-state index is 0.0121. The third-order valence-electron chi connectivity index (χ3n) is 2.75. The molecule has 110 valence electrons. The molecule has 0 aliphatic heterocycles. The van der Waals surface area contributed by atoms with E-state index in [9.17, 15) is 4.79 Å². The smallest absolute Gasteiger partial charge is 0.230 e. The Balaban J connectivity index is 1.72. The van der Waals surface area contributed by atoms with Gasteiger partial charge in [0, 0.05) is 11.3 Å². The van der Waals surface area contributed by atoms with E-state index >= 15 is 0 Å². The number of hydrogen-bond acceptors (Lipinski definition) is 4. The Morgan fingerprint density at radius 1 is 1.33 bits per heavy atom. The van der Waals surface area contributed by atoms with Crippen LogP contribution in [0.4, 0.5) is 0 Å². The molecular weight excluding hydrogens is 304 g/mol. The Kier molecular flexibility index (Phi) is 5.83. The highest BCUT2D eigenvalue weighted by Crippen LogP contribution is 2.13. The van der Waals surface area contributed by atoms with E-state index in [-0.39, 0.29) is 5.91 Å². The first kappa shape index (κ1) is 15.6. The maximum Gasteiger partial charge on any atom is 0.230 e. The van der Waals surface area contributed by atoms with E-state index in [1.807, 2.05) is 30.3 Å². The summed E-state index contributed by atoms with van der Waals surface area (Å²) in [4.78, 5) is 12.1. The molecule has 0 aliphatic rings. The Morgan fingerprint density at radius 3 is 2.90 bits per heavy atom. The number of carbonyl (C=O) groups is 1. The van der Waals surface area contributed by atoms with Crippen LogP contribution >= 0.6 is 24.0 Å². The maximum atomic E-state index is 11.7. The van der Waals surface area contributed by atoms with Gasteiger partial charge >= 0.3 is 0 Å². The van der Waals surface area contributed by atoms with Crippen LogP contribution in [0.2, 0.25) is 0 Å². The van der Waals surface area contributed by atoms with Crippen molar-refractivity contribution in [3.63, 3.8) is 0 Å². The fraction of sp³-hybridized carbons (Fsp3) is 0.200. The van der Waals surface area contributed by atoms with Crippen LogP contribution in [0, 0.1) is 0 Å². The van der Waals surface area contributed by atoms with Crippen molar-refractivity contribution in [1.82, 2.24) is 5.32 Å². The molecule has 0 bridgehead atoms. The lowest BCUT2D eigenvalue weighted by Gasteiger charge is -2.05. The molecule has 4 nitrogen and oxygen atoms in total. The molecule has 21 heavy (non-hydrogen) atoms. The molecule has 1 aromatic carbocycles. The summed E-state index contributed by atoms with van der Waals surface area (Å²) in [5, 5.41) is 2.81. The second kappa shape index (κ2) is 7.85. The number of nitrogens with one attached hydrogen (secondary N) is 1. The Hall–Kier alpha value is -1.79. The van der Waals surface area contributed by atoms with Crippen molar-refractivity contribution in [3.05, 3.63) is 59.5 Å². The van der Waals surface area contributed by atoms with Crippen LogP contribution in [-0.2, 0) is 17.1 Å². The molecule has 3 N–H and O–H groups in total. The van der Waals surface area contributed by atoms with Crippen LogP contribution in [0.1, 0.15) is 16.9 Å². The fourth-order valence-corrected chi connectivity index (χ4v) is 2.66. The van der Waals surface area contributed by atoms with Crippen LogP contribution < -0.4 is 11.1 Å². The van der Waals surface area contributed by atoms with Crippen molar-refractivity contribution in [2.75, 3.05) is 5.75 Å². The second-order valence-electron chi connectivity index (χ2n) is 4.41. The summed E-state index contributed by atoms with van der Waals surface area (Å²) in [5.41, 5.74) is 7.55. The van der Waals surface area contributed by atoms with Gasteiger partial charge in [0.05, 0.1) is 18.6 Å². The lowest BCUT2D eigenvalue weighted by Crippen LogP contribution is -2.24. The van der Waals surface area contributed by atoms with Crippen molar-refractivity contribution >= 4 is 34.9 Å². The normalized spacial score (nSPS) is 10.3. The molecule has 0 spiro atoms. The van der Waals surface area contributed by atoms with Gasteiger partial charge in [-0.25, -0.2) is 0 Å². The van der Waals surface area contributed by atoms with E-state index in [1.165, 1.54) is 0 Å². The summed E-state index contributed by atoms with van der Waals surface area (Å²) in [6.45, 7) is 0.420. The van der Waals surface area contributed by atoms with E-state index in [0.717, 1.165) is 22.6 Å². The van der Waals surface area contributed by atoms with Crippen molar-refractivity contribution < 1.29 is 9.21 Å². The highest BCUT2D eigenvalue weighted by atomic mass is 32.2. The molecular formula is C15H16N2O2S2. The largest absolute Gasteiger partial charge is 0.467 e. The van der Waals surface area contributed by atoms with Crippen molar-refractivity contribution in [2.45, 2.75) is 12.3 Å². The summed E-state index contributed by atoms with van der Waals surface area (Å²) >= 11 is 6.49. The fourth-order valence-electron chi connectivity index (χ4n) is 1.73. The van der Waals surface area contributed by atoms with Gasteiger partial charge in [0.1, 0.15) is 10.7 Å². The standard InChI is InChI=1S/C15H16N2O2S2/c16-15(20)12-4-1-3-11(7-12)9-21-10-14(18)17-8-13-5-2-6-19-13/h1-7H,8-10H2,(H2,16,20)(H,17,18). The number of nitrogens with two attached hydrogens (primary N) is 1. The van der Waals surface area contributed by atoms with Gasteiger partial charge in [-0.3, -0.25) is 4.79 Å².